The summed E-state index contributed by atoms with van der Waals surface area (Å²) >= 11 is 6.15. The first kappa shape index (κ1) is 21.7. The summed E-state index contributed by atoms with van der Waals surface area (Å²) in [6.45, 7) is 1.90. The normalized spacial score (nSPS) is 18.7. The van der Waals surface area contributed by atoms with E-state index in [0.717, 1.165) is 4.90 Å². The molecule has 0 radical (unpaired) electrons. The van der Waals surface area contributed by atoms with Gasteiger partial charge in [0.1, 0.15) is 30.0 Å². The highest BCUT2D eigenvalue weighted by molar-refractivity contribution is 6.29. The van der Waals surface area contributed by atoms with Gasteiger partial charge in [-0.3, -0.25) is 9.59 Å². The zero-order chi connectivity index (χ0) is 21.8. The molecule has 11 heteroatoms. The van der Waals surface area contributed by atoms with Crippen molar-refractivity contribution in [2.45, 2.75) is 12.1 Å². The maximum Gasteiger partial charge on any atom is 0.282 e. The number of alkyl halides is 1. The van der Waals surface area contributed by atoms with Gasteiger partial charge >= 0.3 is 0 Å². The van der Waals surface area contributed by atoms with Crippen molar-refractivity contribution in [1.82, 2.24) is 25.2 Å². The molecule has 1 N–H and O–H groups in total. The molecule has 158 valence electrons. The van der Waals surface area contributed by atoms with Crippen molar-refractivity contribution in [1.29, 1.82) is 0 Å². The maximum atomic E-state index is 13.4. The molecule has 2 atom stereocenters. The molecular weight excluding hydrogens is 420 g/mol. The van der Waals surface area contributed by atoms with E-state index >= 15 is 0 Å². The summed E-state index contributed by atoms with van der Waals surface area (Å²) in [4.78, 5) is 37.2. The van der Waals surface area contributed by atoms with Crippen LogP contribution in [0.4, 0.5) is 8.78 Å². The van der Waals surface area contributed by atoms with Crippen molar-refractivity contribution in [2.24, 2.45) is 0 Å². The van der Waals surface area contributed by atoms with Gasteiger partial charge in [-0.2, -0.15) is 0 Å². The summed E-state index contributed by atoms with van der Waals surface area (Å²) in [5, 5.41) is 2.58. The third-order valence-corrected chi connectivity index (χ3v) is 4.74. The predicted molar refractivity (Wildman–Crippen MR) is 104 cm³/mol. The Morgan fingerprint density at radius 2 is 2.10 bits per heavy atom. The van der Waals surface area contributed by atoms with Gasteiger partial charge in [0, 0.05) is 7.05 Å². The Kier molecular flexibility index (Phi) is 6.68. The largest absolute Gasteiger partial charge is 0.369 e. The number of pyridine rings is 1. The van der Waals surface area contributed by atoms with Crippen LogP contribution in [0.25, 0.3) is 11.4 Å². The highest BCUT2D eigenvalue weighted by Crippen LogP contribution is 2.30. The second-order valence-electron chi connectivity index (χ2n) is 6.47. The predicted octanol–water partition coefficient (Wildman–Crippen LogP) is 2.27. The molecular formula is C19H18ClF2N5O3. The third kappa shape index (κ3) is 4.60. The van der Waals surface area contributed by atoms with Crippen LogP contribution in [0.5, 0.6) is 0 Å². The number of nitrogens with zero attached hydrogens (tertiary/aromatic N) is 4. The fourth-order valence-corrected chi connectivity index (χ4v) is 3.23. The monoisotopic (exact) mass is 437 g/mol. The Hall–Kier alpha value is -2.98. The van der Waals surface area contributed by atoms with Gasteiger partial charge < -0.3 is 15.0 Å². The molecule has 0 unspecified atom stereocenters. The highest BCUT2D eigenvalue weighted by Gasteiger charge is 2.34. The van der Waals surface area contributed by atoms with Crippen molar-refractivity contribution in [3.63, 3.8) is 0 Å². The Balaban J connectivity index is 1.93. The van der Waals surface area contributed by atoms with Gasteiger partial charge in [0.2, 0.25) is 0 Å². The first-order valence-electron chi connectivity index (χ1n) is 8.89. The van der Waals surface area contributed by atoms with Crippen LogP contribution < -0.4 is 5.32 Å². The summed E-state index contributed by atoms with van der Waals surface area (Å²) in [6, 6.07) is 3.69. The van der Waals surface area contributed by atoms with Gasteiger partial charge in [0.15, 0.2) is 5.83 Å². The molecule has 1 saturated heterocycles. The number of rotatable bonds is 5. The van der Waals surface area contributed by atoms with Crippen molar-refractivity contribution < 1.29 is 23.1 Å². The summed E-state index contributed by atoms with van der Waals surface area (Å²) in [7, 11) is 1.48. The number of morpholine rings is 1. The number of hydrogen-bond acceptors (Lipinski definition) is 6. The van der Waals surface area contributed by atoms with Gasteiger partial charge in [-0.05, 0) is 23.8 Å². The van der Waals surface area contributed by atoms with Crippen molar-refractivity contribution >= 4 is 23.4 Å². The van der Waals surface area contributed by atoms with Gasteiger partial charge in [-0.1, -0.05) is 18.2 Å². The van der Waals surface area contributed by atoms with E-state index in [0.29, 0.717) is 17.0 Å². The first-order valence-corrected chi connectivity index (χ1v) is 9.26. The molecule has 2 aromatic rings. The van der Waals surface area contributed by atoms with Gasteiger partial charge in [-0.15, -0.1) is 0 Å². The van der Waals surface area contributed by atoms with Crippen molar-refractivity contribution in [3.8, 4) is 11.4 Å². The van der Waals surface area contributed by atoms with E-state index in [4.69, 9.17) is 16.3 Å². The molecule has 0 aliphatic carbocycles. The molecule has 8 nitrogen and oxygen atoms in total. The number of nitrogens with one attached hydrogen (secondary N) is 1. The molecule has 0 aromatic carbocycles. The molecule has 0 spiro atoms. The topological polar surface area (TPSA) is 97.3 Å². The number of amides is 2. The lowest BCUT2D eigenvalue weighted by Gasteiger charge is -2.38. The highest BCUT2D eigenvalue weighted by atomic mass is 35.5. The zero-order valence-corrected chi connectivity index (χ0v) is 16.7. The van der Waals surface area contributed by atoms with Crippen LogP contribution >= 0.6 is 11.6 Å². The minimum absolute atomic E-state index is 0.0938. The van der Waals surface area contributed by atoms with E-state index in [1.807, 2.05) is 0 Å². The number of halogens is 3. The smallest absolute Gasteiger partial charge is 0.282 e. The summed E-state index contributed by atoms with van der Waals surface area (Å²) in [5.74, 6) is -2.56. The van der Waals surface area contributed by atoms with Crippen molar-refractivity contribution in [2.75, 3.05) is 26.9 Å². The third-order valence-electron chi connectivity index (χ3n) is 4.54. The Bertz CT molecular complexity index is 990. The van der Waals surface area contributed by atoms with E-state index in [-0.39, 0.29) is 24.0 Å². The fourth-order valence-electron chi connectivity index (χ4n) is 3.02. The molecule has 30 heavy (non-hydrogen) atoms. The van der Waals surface area contributed by atoms with Crippen LogP contribution in [0.2, 0.25) is 5.15 Å². The minimum Gasteiger partial charge on any atom is -0.369 e. The van der Waals surface area contributed by atoms with Crippen LogP contribution in [-0.2, 0) is 9.53 Å². The van der Waals surface area contributed by atoms with Gasteiger partial charge in [0.25, 0.3) is 11.8 Å². The second kappa shape index (κ2) is 9.23. The number of hydrogen-bond donors (Lipinski definition) is 1. The molecule has 3 rings (SSSR count). The van der Waals surface area contributed by atoms with Crippen LogP contribution in [0, 0.1) is 0 Å². The van der Waals surface area contributed by atoms with Crippen LogP contribution in [0.15, 0.2) is 36.9 Å². The van der Waals surface area contributed by atoms with E-state index < -0.39 is 36.5 Å². The number of carbonyl (C=O) groups excluding carboxylic acids is 2. The lowest BCUT2D eigenvalue weighted by molar-refractivity contribution is -0.143. The van der Waals surface area contributed by atoms with E-state index in [2.05, 4.69) is 26.8 Å². The molecule has 0 bridgehead atoms. The fraction of sp³-hybridized carbons (Fsp3) is 0.316. The molecule has 2 aromatic heterocycles. The lowest BCUT2D eigenvalue weighted by Crippen LogP contribution is -2.50. The van der Waals surface area contributed by atoms with Crippen LogP contribution in [-0.4, -0.2) is 64.6 Å². The number of aromatic nitrogens is 3. The van der Waals surface area contributed by atoms with E-state index in [1.54, 1.807) is 6.07 Å². The quantitative estimate of drug-likeness (QED) is 0.569. The molecule has 1 fully saturated rings. The first-order chi connectivity index (χ1) is 14.3. The molecule has 2 amide bonds. The average Bonchev–Trinajstić information content (AvgIpc) is 2.77. The maximum absolute atomic E-state index is 13.4. The molecule has 1 aliphatic heterocycles. The number of ether oxygens (including phenoxy) is 1. The second-order valence-corrected chi connectivity index (χ2v) is 6.86. The Morgan fingerprint density at radius 1 is 1.33 bits per heavy atom. The summed E-state index contributed by atoms with van der Waals surface area (Å²) < 4.78 is 32.3. The minimum atomic E-state index is -1.18. The summed E-state index contributed by atoms with van der Waals surface area (Å²) in [6.07, 6.45) is 0.522. The molecule has 3 heterocycles. The number of carbonyl (C=O) groups is 2. The van der Waals surface area contributed by atoms with Crippen LogP contribution in [0.1, 0.15) is 22.2 Å². The van der Waals surface area contributed by atoms with Crippen molar-refractivity contribution in [3.05, 3.63) is 53.3 Å². The SMILES string of the molecule is C=C(F)C(=O)N1C[C@@H](c2cc(Cl)nc(-c3cc(C(=O)NC)ncn3)c2)OC[C@@H]1CF. The zero-order valence-electron chi connectivity index (χ0n) is 15.9. The molecule has 1 aliphatic rings. The average molecular weight is 438 g/mol. The van der Waals surface area contributed by atoms with E-state index in [9.17, 15) is 18.4 Å². The lowest BCUT2D eigenvalue weighted by atomic mass is 10.0. The van der Waals surface area contributed by atoms with E-state index in [1.165, 1.54) is 25.5 Å². The standard InChI is InChI=1S/C19H18ClF2N5O3/c1-10(22)19(29)27-7-16(30-8-12(27)6-21)11-3-14(26-17(20)4-11)13-5-15(18(28)23-2)25-9-24-13/h3-5,9,12,16H,1,6-8H2,2H3,(H,23,28)/t12-,16-/m0/s1. The molecule has 0 saturated carbocycles. The summed E-state index contributed by atoms with van der Waals surface area (Å²) in [5.41, 5.74) is 1.36. The van der Waals surface area contributed by atoms with Crippen LogP contribution in [0.3, 0.4) is 0 Å². The van der Waals surface area contributed by atoms with Gasteiger partial charge in [0.05, 0.1) is 30.6 Å². The Morgan fingerprint density at radius 3 is 2.77 bits per heavy atom. The Labute approximate surface area is 175 Å². The van der Waals surface area contributed by atoms with Gasteiger partial charge in [-0.25, -0.2) is 23.7 Å².